The van der Waals surface area contributed by atoms with Crippen molar-refractivity contribution in [3.05, 3.63) is 34.3 Å². The zero-order chi connectivity index (χ0) is 13.0. The summed E-state index contributed by atoms with van der Waals surface area (Å²) in [5.41, 5.74) is 1.09. The van der Waals surface area contributed by atoms with Crippen molar-refractivity contribution in [2.75, 3.05) is 13.6 Å². The van der Waals surface area contributed by atoms with E-state index in [-0.39, 0.29) is 11.7 Å². The van der Waals surface area contributed by atoms with Crippen LogP contribution >= 0.6 is 15.9 Å². The first kappa shape index (κ1) is 14.4. The first-order valence-electron chi connectivity index (χ1n) is 5.88. The van der Waals surface area contributed by atoms with Gasteiger partial charge in [0.05, 0.1) is 5.92 Å². The molecule has 17 heavy (non-hydrogen) atoms. The second kappa shape index (κ2) is 6.31. The molecule has 0 aliphatic carbocycles. The van der Waals surface area contributed by atoms with Gasteiger partial charge in [-0.2, -0.15) is 0 Å². The van der Waals surface area contributed by atoms with Gasteiger partial charge in [0.15, 0.2) is 0 Å². The average molecular weight is 298 g/mol. The van der Waals surface area contributed by atoms with Gasteiger partial charge in [-0.15, -0.1) is 0 Å². The molecule has 0 amide bonds. The summed E-state index contributed by atoms with van der Waals surface area (Å²) in [5, 5.41) is 0. The summed E-state index contributed by atoms with van der Waals surface area (Å²) in [7, 11) is 2.06. The average Bonchev–Trinajstić information content (AvgIpc) is 2.26. The number of carbonyl (C=O) groups excluding carboxylic acids is 1. The molecule has 1 atom stereocenters. The van der Waals surface area contributed by atoms with Crippen molar-refractivity contribution >= 4 is 21.7 Å². The minimum atomic E-state index is -0.0319. The van der Waals surface area contributed by atoms with E-state index in [1.165, 1.54) is 0 Å². The summed E-state index contributed by atoms with van der Waals surface area (Å²) >= 11 is 3.41. The Bertz CT molecular complexity index is 372. The fraction of sp³-hybridized carbons (Fsp3) is 0.500. The summed E-state index contributed by atoms with van der Waals surface area (Å²) < 4.78 is 1.04. The molecule has 0 saturated carbocycles. The highest BCUT2D eigenvalue weighted by atomic mass is 79.9. The number of carbonyl (C=O) groups is 1. The Morgan fingerprint density at radius 1 is 1.29 bits per heavy atom. The summed E-state index contributed by atoms with van der Waals surface area (Å²) in [4.78, 5) is 14.0. The molecule has 0 radical (unpaired) electrons. The number of Topliss-reactive ketones (excluding diaryl/α,β-unsaturated/α-hetero) is 1. The van der Waals surface area contributed by atoms with Gasteiger partial charge in [0.1, 0.15) is 5.78 Å². The van der Waals surface area contributed by atoms with E-state index in [2.05, 4.69) is 41.7 Å². The highest BCUT2D eigenvalue weighted by molar-refractivity contribution is 9.10. The molecule has 0 N–H and O–H groups in total. The van der Waals surface area contributed by atoms with Crippen molar-refractivity contribution < 1.29 is 4.79 Å². The molecule has 0 aromatic heterocycles. The van der Waals surface area contributed by atoms with Gasteiger partial charge >= 0.3 is 0 Å². The molecular formula is C14H20BrNO. The zero-order valence-corrected chi connectivity index (χ0v) is 12.5. The Labute approximate surface area is 112 Å². The smallest absolute Gasteiger partial charge is 0.138 e. The predicted molar refractivity (Wildman–Crippen MR) is 75.3 cm³/mol. The van der Waals surface area contributed by atoms with Gasteiger partial charge in [-0.25, -0.2) is 0 Å². The second-order valence-corrected chi connectivity index (χ2v) is 5.66. The van der Waals surface area contributed by atoms with E-state index in [9.17, 15) is 4.79 Å². The molecular weight excluding hydrogens is 278 g/mol. The fourth-order valence-electron chi connectivity index (χ4n) is 1.66. The lowest BCUT2D eigenvalue weighted by Gasteiger charge is -2.25. The lowest BCUT2D eigenvalue weighted by molar-refractivity contribution is -0.118. The summed E-state index contributed by atoms with van der Waals surface area (Å²) in [6.07, 6.45) is 0. The number of likely N-dealkylation sites (N-methyl/N-ethyl adjacent to an activating group) is 1. The Hall–Kier alpha value is -0.670. The van der Waals surface area contributed by atoms with E-state index in [4.69, 9.17) is 0 Å². The first-order valence-corrected chi connectivity index (χ1v) is 6.67. The fourth-order valence-corrected chi connectivity index (χ4v) is 1.93. The minimum absolute atomic E-state index is 0.0319. The third kappa shape index (κ3) is 4.25. The maximum Gasteiger partial charge on any atom is 0.138 e. The standard InChI is InChI=1S/C14H20BrNO/c1-10(2)16(4)9-14(11(3)17)12-5-7-13(15)8-6-12/h5-8,10,14H,9H2,1-4H3. The monoisotopic (exact) mass is 297 g/mol. The molecule has 94 valence electrons. The first-order chi connectivity index (χ1) is 7.91. The molecule has 0 fully saturated rings. The van der Waals surface area contributed by atoms with Gasteiger partial charge in [-0.3, -0.25) is 4.79 Å². The summed E-state index contributed by atoms with van der Waals surface area (Å²) in [6, 6.07) is 8.46. The third-order valence-corrected chi connectivity index (χ3v) is 3.64. The maximum atomic E-state index is 11.7. The van der Waals surface area contributed by atoms with Crippen molar-refractivity contribution in [2.45, 2.75) is 32.7 Å². The van der Waals surface area contributed by atoms with Crippen molar-refractivity contribution in [1.82, 2.24) is 4.90 Å². The van der Waals surface area contributed by atoms with Gasteiger partial charge in [0, 0.05) is 17.1 Å². The van der Waals surface area contributed by atoms with Gasteiger partial charge in [-0.1, -0.05) is 28.1 Å². The molecule has 1 aromatic carbocycles. The summed E-state index contributed by atoms with van der Waals surface area (Å²) in [5.74, 6) is 0.190. The normalized spacial score (nSPS) is 13.1. The zero-order valence-electron chi connectivity index (χ0n) is 10.9. The molecule has 0 saturated heterocycles. The number of benzene rings is 1. The van der Waals surface area contributed by atoms with Crippen molar-refractivity contribution in [3.63, 3.8) is 0 Å². The van der Waals surface area contributed by atoms with E-state index in [1.807, 2.05) is 24.3 Å². The number of rotatable bonds is 5. The topological polar surface area (TPSA) is 20.3 Å². The number of hydrogen-bond acceptors (Lipinski definition) is 2. The van der Waals surface area contributed by atoms with Crippen molar-refractivity contribution in [2.24, 2.45) is 0 Å². The molecule has 1 unspecified atom stereocenters. The molecule has 3 heteroatoms. The van der Waals surface area contributed by atoms with Crippen LogP contribution in [0.25, 0.3) is 0 Å². The number of halogens is 1. The van der Waals surface area contributed by atoms with Crippen LogP contribution in [0.1, 0.15) is 32.3 Å². The Morgan fingerprint density at radius 2 is 1.82 bits per heavy atom. The van der Waals surface area contributed by atoms with Gasteiger partial charge < -0.3 is 4.90 Å². The molecule has 2 nitrogen and oxygen atoms in total. The largest absolute Gasteiger partial charge is 0.303 e. The molecule has 0 spiro atoms. The van der Waals surface area contributed by atoms with E-state index < -0.39 is 0 Å². The van der Waals surface area contributed by atoms with Crippen molar-refractivity contribution in [3.8, 4) is 0 Å². The van der Waals surface area contributed by atoms with Crippen LogP contribution in [0.4, 0.5) is 0 Å². The summed E-state index contributed by atoms with van der Waals surface area (Å²) in [6.45, 7) is 6.72. The Kier molecular flexibility index (Phi) is 5.34. The van der Waals surface area contributed by atoms with E-state index in [1.54, 1.807) is 6.92 Å². The van der Waals surface area contributed by atoms with Crippen LogP contribution in [0.5, 0.6) is 0 Å². The van der Waals surface area contributed by atoms with E-state index >= 15 is 0 Å². The SMILES string of the molecule is CC(=O)C(CN(C)C(C)C)c1ccc(Br)cc1. The number of hydrogen-bond donors (Lipinski definition) is 0. The van der Waals surface area contributed by atoms with Crippen LogP contribution in [0, 0.1) is 0 Å². The Balaban J connectivity index is 2.86. The lowest BCUT2D eigenvalue weighted by Crippen LogP contribution is -2.33. The minimum Gasteiger partial charge on any atom is -0.303 e. The molecule has 0 aliphatic rings. The Morgan fingerprint density at radius 3 is 2.24 bits per heavy atom. The van der Waals surface area contributed by atoms with Crippen LogP contribution in [0.3, 0.4) is 0 Å². The second-order valence-electron chi connectivity index (χ2n) is 4.75. The molecule has 0 bridgehead atoms. The van der Waals surface area contributed by atoms with Crippen LogP contribution in [0.2, 0.25) is 0 Å². The number of ketones is 1. The van der Waals surface area contributed by atoms with Gasteiger partial charge in [0.25, 0.3) is 0 Å². The number of nitrogens with zero attached hydrogens (tertiary/aromatic N) is 1. The molecule has 0 aliphatic heterocycles. The highest BCUT2D eigenvalue weighted by Gasteiger charge is 2.19. The van der Waals surface area contributed by atoms with Crippen LogP contribution in [0.15, 0.2) is 28.7 Å². The van der Waals surface area contributed by atoms with E-state index in [0.29, 0.717) is 6.04 Å². The predicted octanol–water partition coefficient (Wildman–Crippen LogP) is 3.46. The maximum absolute atomic E-state index is 11.7. The third-order valence-electron chi connectivity index (χ3n) is 3.12. The van der Waals surface area contributed by atoms with Crippen molar-refractivity contribution in [1.29, 1.82) is 0 Å². The van der Waals surface area contributed by atoms with Crippen LogP contribution < -0.4 is 0 Å². The molecule has 0 heterocycles. The lowest BCUT2D eigenvalue weighted by atomic mass is 9.94. The quantitative estimate of drug-likeness (QED) is 0.829. The van der Waals surface area contributed by atoms with Crippen LogP contribution in [-0.2, 0) is 4.79 Å². The molecule has 1 aromatic rings. The van der Waals surface area contributed by atoms with Crippen LogP contribution in [-0.4, -0.2) is 30.3 Å². The van der Waals surface area contributed by atoms with E-state index in [0.717, 1.165) is 16.6 Å². The van der Waals surface area contributed by atoms with Gasteiger partial charge in [0.2, 0.25) is 0 Å². The highest BCUT2D eigenvalue weighted by Crippen LogP contribution is 2.21. The van der Waals surface area contributed by atoms with Gasteiger partial charge in [-0.05, 0) is 45.5 Å². The molecule has 1 rings (SSSR count).